The van der Waals surface area contributed by atoms with Gasteiger partial charge in [-0.05, 0) is 6.42 Å². The van der Waals surface area contributed by atoms with E-state index in [0.717, 1.165) is 12.8 Å². The van der Waals surface area contributed by atoms with E-state index in [2.05, 4.69) is 12.2 Å². The summed E-state index contributed by atoms with van der Waals surface area (Å²) >= 11 is 0. The molecule has 1 aliphatic heterocycles. The van der Waals surface area contributed by atoms with Gasteiger partial charge in [0.2, 0.25) is 5.91 Å². The molecule has 13 heavy (non-hydrogen) atoms. The highest BCUT2D eigenvalue weighted by molar-refractivity contribution is 6.01. The number of nitrogens with one attached hydrogen (secondary N) is 1. The maximum atomic E-state index is 11.1. The summed E-state index contributed by atoms with van der Waals surface area (Å²) < 4.78 is 0. The normalized spacial score (nSPS) is 16.5. The van der Waals surface area contributed by atoms with Crippen LogP contribution >= 0.6 is 0 Å². The Labute approximate surface area is 78.3 Å². The third-order valence-corrected chi connectivity index (χ3v) is 2.17. The van der Waals surface area contributed by atoms with E-state index in [4.69, 9.17) is 0 Å². The fourth-order valence-corrected chi connectivity index (χ4v) is 1.38. The van der Waals surface area contributed by atoms with Crippen molar-refractivity contribution in [3.8, 4) is 0 Å². The molecule has 1 saturated heterocycles. The lowest BCUT2D eigenvalue weighted by atomic mass is 10.2. The number of urea groups is 1. The molecule has 0 bridgehead atoms. The Morgan fingerprint density at radius 3 is 2.62 bits per heavy atom. The zero-order chi connectivity index (χ0) is 9.68. The Morgan fingerprint density at radius 1 is 1.31 bits per heavy atom. The molecule has 1 heterocycles. The fraction of sp³-hybridized carbons (Fsp3) is 0.778. The van der Waals surface area contributed by atoms with Crippen molar-refractivity contribution < 1.29 is 9.59 Å². The van der Waals surface area contributed by atoms with E-state index >= 15 is 0 Å². The van der Waals surface area contributed by atoms with Crippen LogP contribution in [0.25, 0.3) is 0 Å². The second-order valence-electron chi connectivity index (χ2n) is 3.26. The molecule has 0 spiro atoms. The fourth-order valence-electron chi connectivity index (χ4n) is 1.38. The molecule has 1 N–H and O–H groups in total. The van der Waals surface area contributed by atoms with Crippen molar-refractivity contribution in [3.63, 3.8) is 0 Å². The van der Waals surface area contributed by atoms with E-state index < -0.39 is 0 Å². The highest BCUT2D eigenvalue weighted by atomic mass is 16.2. The van der Waals surface area contributed by atoms with Crippen molar-refractivity contribution in [2.24, 2.45) is 0 Å². The first-order valence-electron chi connectivity index (χ1n) is 4.84. The van der Waals surface area contributed by atoms with E-state index in [1.54, 1.807) is 0 Å². The Morgan fingerprint density at radius 2 is 2.08 bits per heavy atom. The van der Waals surface area contributed by atoms with Crippen LogP contribution in [0.4, 0.5) is 4.79 Å². The number of nitrogens with zero attached hydrogens (tertiary/aromatic N) is 1. The molecule has 0 radical (unpaired) electrons. The van der Waals surface area contributed by atoms with Crippen molar-refractivity contribution in [2.45, 2.75) is 32.6 Å². The number of hydrogen-bond acceptors (Lipinski definition) is 2. The Balaban J connectivity index is 2.20. The van der Waals surface area contributed by atoms with Gasteiger partial charge in [-0.25, -0.2) is 4.79 Å². The van der Waals surface area contributed by atoms with Crippen LogP contribution in [-0.2, 0) is 4.79 Å². The first-order valence-corrected chi connectivity index (χ1v) is 4.84. The van der Waals surface area contributed by atoms with E-state index in [1.807, 2.05) is 0 Å². The minimum atomic E-state index is -0.235. The molecule has 74 valence electrons. The Kier molecular flexibility index (Phi) is 3.73. The van der Waals surface area contributed by atoms with E-state index in [9.17, 15) is 9.59 Å². The SMILES string of the molecule is CCCCCCN1C(=O)CNC1=O. The molecule has 0 saturated carbocycles. The molecular weight excluding hydrogens is 168 g/mol. The van der Waals surface area contributed by atoms with Crippen LogP contribution in [0.2, 0.25) is 0 Å². The van der Waals surface area contributed by atoms with Crippen LogP contribution in [0.5, 0.6) is 0 Å². The second kappa shape index (κ2) is 4.84. The predicted molar refractivity (Wildman–Crippen MR) is 49.3 cm³/mol. The zero-order valence-electron chi connectivity index (χ0n) is 8.01. The Hall–Kier alpha value is -1.06. The maximum Gasteiger partial charge on any atom is 0.324 e. The molecule has 1 rings (SSSR count). The molecule has 1 aliphatic rings. The standard InChI is InChI=1S/C9H16N2O2/c1-2-3-4-5-6-11-8(12)7-10-9(11)13/h2-7H2,1H3,(H,10,13). The number of unbranched alkanes of at least 4 members (excludes halogenated alkanes) is 3. The lowest BCUT2D eigenvalue weighted by molar-refractivity contribution is -0.125. The van der Waals surface area contributed by atoms with Gasteiger partial charge in [0, 0.05) is 6.54 Å². The van der Waals surface area contributed by atoms with Gasteiger partial charge in [-0.1, -0.05) is 26.2 Å². The number of amides is 3. The summed E-state index contributed by atoms with van der Waals surface area (Å²) in [6, 6.07) is -0.235. The molecule has 0 aliphatic carbocycles. The largest absolute Gasteiger partial charge is 0.329 e. The molecule has 0 aromatic heterocycles. The van der Waals surface area contributed by atoms with Gasteiger partial charge in [0.25, 0.3) is 0 Å². The van der Waals surface area contributed by atoms with Crippen LogP contribution in [0.1, 0.15) is 32.6 Å². The summed E-state index contributed by atoms with van der Waals surface area (Å²) in [6.45, 7) is 2.88. The second-order valence-corrected chi connectivity index (χ2v) is 3.26. The van der Waals surface area contributed by atoms with Crippen LogP contribution in [-0.4, -0.2) is 29.9 Å². The van der Waals surface area contributed by atoms with E-state index in [-0.39, 0.29) is 18.5 Å². The third-order valence-electron chi connectivity index (χ3n) is 2.17. The number of hydrogen-bond donors (Lipinski definition) is 1. The van der Waals surface area contributed by atoms with Gasteiger partial charge in [0.15, 0.2) is 0 Å². The van der Waals surface area contributed by atoms with Crippen molar-refractivity contribution in [1.29, 1.82) is 0 Å². The van der Waals surface area contributed by atoms with Crippen molar-refractivity contribution in [3.05, 3.63) is 0 Å². The zero-order valence-corrected chi connectivity index (χ0v) is 8.01. The van der Waals surface area contributed by atoms with E-state index in [1.165, 1.54) is 17.7 Å². The summed E-state index contributed by atoms with van der Waals surface area (Å²) in [5.41, 5.74) is 0. The molecule has 4 nitrogen and oxygen atoms in total. The molecule has 1 fully saturated rings. The third kappa shape index (κ3) is 2.72. The molecule has 0 aromatic rings. The lowest BCUT2D eigenvalue weighted by Gasteiger charge is -2.11. The molecule has 0 aromatic carbocycles. The molecule has 3 amide bonds. The monoisotopic (exact) mass is 184 g/mol. The van der Waals surface area contributed by atoms with Gasteiger partial charge in [-0.15, -0.1) is 0 Å². The maximum absolute atomic E-state index is 11.1. The average Bonchev–Trinajstić information content (AvgIpc) is 2.42. The van der Waals surface area contributed by atoms with Gasteiger partial charge in [0.1, 0.15) is 0 Å². The van der Waals surface area contributed by atoms with Crippen molar-refractivity contribution in [1.82, 2.24) is 10.2 Å². The van der Waals surface area contributed by atoms with E-state index in [0.29, 0.717) is 6.54 Å². The first kappa shape index (κ1) is 10.0. The highest BCUT2D eigenvalue weighted by Gasteiger charge is 2.27. The van der Waals surface area contributed by atoms with Crippen LogP contribution < -0.4 is 5.32 Å². The molecule has 0 atom stereocenters. The van der Waals surface area contributed by atoms with Crippen LogP contribution in [0.15, 0.2) is 0 Å². The van der Waals surface area contributed by atoms with Gasteiger partial charge in [-0.3, -0.25) is 9.69 Å². The van der Waals surface area contributed by atoms with Crippen LogP contribution in [0.3, 0.4) is 0 Å². The predicted octanol–water partition coefficient (Wildman–Crippen LogP) is 1.12. The average molecular weight is 184 g/mol. The molecule has 4 heteroatoms. The summed E-state index contributed by atoms with van der Waals surface area (Å²) in [6.07, 6.45) is 4.35. The van der Waals surface area contributed by atoms with Gasteiger partial charge >= 0.3 is 6.03 Å². The number of carbonyl (C=O) groups excluding carboxylic acids is 2. The lowest BCUT2D eigenvalue weighted by Crippen LogP contribution is -2.31. The topological polar surface area (TPSA) is 49.4 Å². The molecular formula is C9H16N2O2. The number of carbonyl (C=O) groups is 2. The number of imide groups is 1. The smallest absolute Gasteiger partial charge is 0.324 e. The molecule has 0 unspecified atom stereocenters. The minimum absolute atomic E-state index is 0.0958. The van der Waals surface area contributed by atoms with Gasteiger partial charge in [-0.2, -0.15) is 0 Å². The summed E-state index contributed by atoms with van der Waals surface area (Å²) in [5, 5.41) is 2.50. The highest BCUT2D eigenvalue weighted by Crippen LogP contribution is 2.04. The van der Waals surface area contributed by atoms with Crippen molar-refractivity contribution >= 4 is 11.9 Å². The van der Waals surface area contributed by atoms with Crippen LogP contribution in [0, 0.1) is 0 Å². The quantitative estimate of drug-likeness (QED) is 0.514. The number of rotatable bonds is 5. The van der Waals surface area contributed by atoms with Crippen molar-refractivity contribution in [2.75, 3.05) is 13.1 Å². The Bertz CT molecular complexity index is 188. The van der Waals surface area contributed by atoms with Gasteiger partial charge in [0.05, 0.1) is 6.54 Å². The summed E-state index contributed by atoms with van der Waals surface area (Å²) in [4.78, 5) is 23.4. The first-order chi connectivity index (χ1) is 6.25. The summed E-state index contributed by atoms with van der Waals surface area (Å²) in [7, 11) is 0. The summed E-state index contributed by atoms with van der Waals surface area (Å²) in [5.74, 6) is -0.0958. The minimum Gasteiger partial charge on any atom is -0.329 e. The van der Waals surface area contributed by atoms with Gasteiger partial charge < -0.3 is 5.32 Å².